The number of fused-ring (bicyclic) bond motifs is 2. The van der Waals surface area contributed by atoms with Crippen LogP contribution in [-0.4, -0.2) is 34.6 Å². The van der Waals surface area contributed by atoms with Crippen molar-refractivity contribution in [3.8, 4) is 23.0 Å². The molecule has 6 rings (SSSR count). The number of benzene rings is 2. The molecule has 6 heteroatoms. The first-order chi connectivity index (χ1) is 18.1. The number of furan rings is 1. The highest BCUT2D eigenvalue weighted by Crippen LogP contribution is 2.42. The van der Waals surface area contributed by atoms with Gasteiger partial charge in [-0.3, -0.25) is 0 Å². The fourth-order valence-corrected chi connectivity index (χ4v) is 5.54. The predicted octanol–water partition coefficient (Wildman–Crippen LogP) is 7.10. The highest BCUT2D eigenvalue weighted by molar-refractivity contribution is 6.30. The van der Waals surface area contributed by atoms with Gasteiger partial charge in [-0.1, -0.05) is 41.9 Å². The first-order valence-corrected chi connectivity index (χ1v) is 13.2. The van der Waals surface area contributed by atoms with Crippen LogP contribution in [0, 0.1) is 0 Å². The molecule has 4 heterocycles. The molecule has 1 saturated heterocycles. The van der Waals surface area contributed by atoms with Gasteiger partial charge < -0.3 is 19.2 Å². The fraction of sp³-hybridized carbons (Fsp3) is 0.258. The number of nitrogens with zero attached hydrogens (tertiary/aromatic N) is 2. The van der Waals surface area contributed by atoms with Crippen molar-refractivity contribution in [1.82, 2.24) is 9.88 Å². The van der Waals surface area contributed by atoms with Crippen molar-refractivity contribution in [3.63, 3.8) is 0 Å². The van der Waals surface area contributed by atoms with Crippen LogP contribution in [0.4, 0.5) is 0 Å². The second-order valence-electron chi connectivity index (χ2n) is 9.79. The third-order valence-electron chi connectivity index (χ3n) is 7.51. The van der Waals surface area contributed by atoms with E-state index in [0.717, 1.165) is 66.2 Å². The smallest absolute Gasteiger partial charge is 0.226 e. The number of ether oxygens (including phenoxy) is 1. The summed E-state index contributed by atoms with van der Waals surface area (Å²) in [6, 6.07) is 21.6. The van der Waals surface area contributed by atoms with E-state index in [2.05, 4.69) is 28.1 Å². The standard InChI is InChI=1S/C31H29ClN2O3/c32-24-12-10-23(11-13-24)31(35)14-18-34(19-15-31)17-3-5-22-21-27-26(28-9-4-20-36-28)6-1-8-29(27)37-30-25(22)7-2-16-33-30/h1-2,4-13,16,20,35H,3,14-15,17-19,21H2/b22-5-. The molecule has 0 radical (unpaired) electrons. The van der Waals surface area contributed by atoms with E-state index in [0.29, 0.717) is 23.7 Å². The van der Waals surface area contributed by atoms with Crippen molar-refractivity contribution in [2.75, 3.05) is 19.6 Å². The number of piperidine rings is 1. The van der Waals surface area contributed by atoms with Crippen LogP contribution in [0.15, 0.2) is 89.7 Å². The number of pyridine rings is 1. The van der Waals surface area contributed by atoms with Crippen molar-refractivity contribution < 1.29 is 14.3 Å². The van der Waals surface area contributed by atoms with Crippen LogP contribution in [-0.2, 0) is 12.0 Å². The Kier molecular flexibility index (Phi) is 6.59. The van der Waals surface area contributed by atoms with E-state index in [1.165, 1.54) is 5.57 Å². The van der Waals surface area contributed by atoms with E-state index in [-0.39, 0.29) is 0 Å². The van der Waals surface area contributed by atoms with Gasteiger partial charge in [0.1, 0.15) is 11.5 Å². The lowest BCUT2D eigenvalue weighted by atomic mass is 9.84. The normalized spacial score (nSPS) is 18.1. The summed E-state index contributed by atoms with van der Waals surface area (Å²) in [6.45, 7) is 2.65. The molecular formula is C31H29ClN2O3. The van der Waals surface area contributed by atoms with Crippen molar-refractivity contribution in [3.05, 3.63) is 107 Å². The molecule has 2 aromatic heterocycles. The van der Waals surface area contributed by atoms with Gasteiger partial charge in [0, 0.05) is 54.0 Å². The van der Waals surface area contributed by atoms with Crippen LogP contribution < -0.4 is 4.74 Å². The van der Waals surface area contributed by atoms with Gasteiger partial charge in [0.15, 0.2) is 0 Å². The minimum Gasteiger partial charge on any atom is -0.464 e. The Balaban J connectivity index is 1.19. The zero-order valence-corrected chi connectivity index (χ0v) is 21.3. The number of likely N-dealkylation sites (tertiary alicyclic amines) is 1. The fourth-order valence-electron chi connectivity index (χ4n) is 5.41. The molecule has 4 aromatic rings. The second kappa shape index (κ2) is 10.2. The van der Waals surface area contributed by atoms with E-state index in [1.54, 1.807) is 12.5 Å². The monoisotopic (exact) mass is 512 g/mol. The van der Waals surface area contributed by atoms with Gasteiger partial charge in [0.05, 0.1) is 11.9 Å². The number of rotatable bonds is 5. The Morgan fingerprint density at radius 1 is 0.973 bits per heavy atom. The number of hydrogen-bond acceptors (Lipinski definition) is 5. The molecule has 5 nitrogen and oxygen atoms in total. The first-order valence-electron chi connectivity index (χ1n) is 12.8. The first kappa shape index (κ1) is 24.0. The Bertz CT molecular complexity index is 1400. The number of aromatic nitrogens is 1. The molecule has 0 amide bonds. The Hall–Kier alpha value is -3.38. The molecule has 1 fully saturated rings. The molecule has 0 aliphatic carbocycles. The summed E-state index contributed by atoms with van der Waals surface area (Å²) < 4.78 is 12.0. The third-order valence-corrected chi connectivity index (χ3v) is 7.76. The maximum absolute atomic E-state index is 11.2. The van der Waals surface area contributed by atoms with Crippen LogP contribution in [0.25, 0.3) is 16.9 Å². The zero-order chi connectivity index (χ0) is 25.2. The van der Waals surface area contributed by atoms with Gasteiger partial charge in [0.25, 0.3) is 0 Å². The van der Waals surface area contributed by atoms with Crippen molar-refractivity contribution in [2.45, 2.75) is 31.3 Å². The van der Waals surface area contributed by atoms with Crippen molar-refractivity contribution in [2.24, 2.45) is 0 Å². The molecule has 37 heavy (non-hydrogen) atoms. The average Bonchev–Trinajstić information content (AvgIpc) is 3.40. The lowest BCUT2D eigenvalue weighted by Crippen LogP contribution is -2.42. The highest BCUT2D eigenvalue weighted by Gasteiger charge is 2.33. The van der Waals surface area contributed by atoms with Crippen LogP contribution in [0.1, 0.15) is 36.0 Å². The molecule has 1 N–H and O–H groups in total. The number of hydrogen-bond donors (Lipinski definition) is 1. The average molecular weight is 513 g/mol. The number of aliphatic hydroxyl groups is 1. The van der Waals surface area contributed by atoms with Crippen molar-refractivity contribution in [1.29, 1.82) is 0 Å². The van der Waals surface area contributed by atoms with Crippen LogP contribution >= 0.6 is 11.6 Å². The summed E-state index contributed by atoms with van der Waals surface area (Å²) in [5.41, 5.74) is 4.54. The topological polar surface area (TPSA) is 58.7 Å². The van der Waals surface area contributed by atoms with Crippen LogP contribution in [0.2, 0.25) is 5.02 Å². The van der Waals surface area contributed by atoms with E-state index in [9.17, 15) is 5.11 Å². The van der Waals surface area contributed by atoms with E-state index in [4.69, 9.17) is 20.8 Å². The van der Waals surface area contributed by atoms with Crippen molar-refractivity contribution >= 4 is 17.2 Å². The SMILES string of the molecule is OC1(c2ccc(Cl)cc2)CCN(CC/C=C2/Cc3c(cccc3-c3ccco3)Oc3ncccc32)CC1. The molecule has 0 saturated carbocycles. The summed E-state index contributed by atoms with van der Waals surface area (Å²) in [6.07, 6.45) is 8.86. The van der Waals surface area contributed by atoms with Crippen LogP contribution in [0.5, 0.6) is 11.6 Å². The molecule has 0 atom stereocenters. The Labute approximate surface area is 222 Å². The van der Waals surface area contributed by atoms with E-state index >= 15 is 0 Å². The minimum atomic E-state index is -0.783. The van der Waals surface area contributed by atoms with E-state index < -0.39 is 5.60 Å². The summed E-state index contributed by atoms with van der Waals surface area (Å²) in [7, 11) is 0. The predicted molar refractivity (Wildman–Crippen MR) is 146 cm³/mol. The maximum atomic E-state index is 11.2. The van der Waals surface area contributed by atoms with Gasteiger partial charge in [0.2, 0.25) is 5.88 Å². The molecule has 0 bridgehead atoms. The molecule has 188 valence electrons. The third kappa shape index (κ3) is 4.95. The largest absolute Gasteiger partial charge is 0.464 e. The summed E-state index contributed by atoms with van der Waals surface area (Å²) in [4.78, 5) is 6.97. The number of halogens is 1. The van der Waals surface area contributed by atoms with Crippen LogP contribution in [0.3, 0.4) is 0 Å². The van der Waals surface area contributed by atoms with Gasteiger partial charge in [-0.05, 0) is 72.9 Å². The van der Waals surface area contributed by atoms with E-state index in [1.807, 2.05) is 54.6 Å². The molecule has 2 aromatic carbocycles. The Morgan fingerprint density at radius 2 is 1.78 bits per heavy atom. The Morgan fingerprint density at radius 3 is 2.57 bits per heavy atom. The maximum Gasteiger partial charge on any atom is 0.226 e. The molecule has 0 spiro atoms. The summed E-state index contributed by atoms with van der Waals surface area (Å²) in [5.74, 6) is 2.28. The minimum absolute atomic E-state index is 0.634. The molecule has 2 aliphatic heterocycles. The zero-order valence-electron chi connectivity index (χ0n) is 20.6. The highest BCUT2D eigenvalue weighted by atomic mass is 35.5. The second-order valence-corrected chi connectivity index (χ2v) is 10.2. The van der Waals surface area contributed by atoms with Gasteiger partial charge >= 0.3 is 0 Å². The molecular weight excluding hydrogens is 484 g/mol. The quantitative estimate of drug-likeness (QED) is 0.309. The lowest BCUT2D eigenvalue weighted by molar-refractivity contribution is -0.0254. The van der Waals surface area contributed by atoms with Gasteiger partial charge in [-0.2, -0.15) is 0 Å². The van der Waals surface area contributed by atoms with Gasteiger partial charge in [-0.15, -0.1) is 0 Å². The number of allylic oxidation sites excluding steroid dienone is 1. The summed E-state index contributed by atoms with van der Waals surface area (Å²) in [5, 5.41) is 11.9. The molecule has 0 unspecified atom stereocenters. The van der Waals surface area contributed by atoms with Gasteiger partial charge in [-0.25, -0.2) is 4.98 Å². The molecule has 2 aliphatic rings. The summed E-state index contributed by atoms with van der Waals surface area (Å²) >= 11 is 6.03. The lowest BCUT2D eigenvalue weighted by Gasteiger charge is -2.38.